The molecule has 0 saturated carbocycles. The number of benzene rings is 2. The molecule has 0 spiro atoms. The first-order valence-electron chi connectivity index (χ1n) is 10.1. The van der Waals surface area contributed by atoms with Gasteiger partial charge in [-0.05, 0) is 5.92 Å². The van der Waals surface area contributed by atoms with Crippen molar-refractivity contribution in [3.63, 3.8) is 0 Å². The van der Waals surface area contributed by atoms with Crippen LogP contribution in [0.15, 0.2) is 72.8 Å². The van der Waals surface area contributed by atoms with E-state index in [2.05, 4.69) is 48.5 Å². The molecular formula is C27H54. The van der Waals surface area contributed by atoms with Gasteiger partial charge in [0.2, 0.25) is 0 Å². The van der Waals surface area contributed by atoms with Crippen molar-refractivity contribution in [1.82, 2.24) is 0 Å². The van der Waals surface area contributed by atoms with Gasteiger partial charge in [0, 0.05) is 0 Å². The predicted octanol–water partition coefficient (Wildman–Crippen LogP) is 10.6. The summed E-state index contributed by atoms with van der Waals surface area (Å²) in [4.78, 5) is 0. The van der Waals surface area contributed by atoms with E-state index in [4.69, 9.17) is 0 Å². The van der Waals surface area contributed by atoms with E-state index in [0.717, 1.165) is 5.92 Å². The van der Waals surface area contributed by atoms with Crippen LogP contribution in [0, 0.1) is 5.92 Å². The summed E-state index contributed by atoms with van der Waals surface area (Å²) in [7, 11) is 0. The minimum absolute atomic E-state index is 0. The highest BCUT2D eigenvalue weighted by atomic mass is 13.9. The predicted molar refractivity (Wildman–Crippen MR) is 135 cm³/mol. The molecule has 0 heterocycles. The zero-order valence-corrected chi connectivity index (χ0v) is 18.6. The first-order chi connectivity index (χ1) is 12.1. The smallest absolute Gasteiger partial charge is 0.0474 e. The zero-order chi connectivity index (χ0) is 20.2. The van der Waals surface area contributed by atoms with Crippen LogP contribution in [0.1, 0.15) is 96.4 Å². The van der Waals surface area contributed by atoms with Crippen LogP contribution >= 0.6 is 0 Å². The zero-order valence-electron chi connectivity index (χ0n) is 18.6. The van der Waals surface area contributed by atoms with Crippen LogP contribution in [-0.4, -0.2) is 0 Å². The minimum atomic E-state index is 0. The molecule has 0 radical (unpaired) electrons. The third kappa shape index (κ3) is 79.5. The Morgan fingerprint density at radius 2 is 0.519 bits per heavy atom. The second-order valence-electron chi connectivity index (χ2n) is 5.53. The normalized spacial score (nSPS) is 6.89. The van der Waals surface area contributed by atoms with Crippen LogP contribution in [0.3, 0.4) is 0 Å². The fraction of sp³-hybridized carbons (Fsp3) is 0.556. The van der Waals surface area contributed by atoms with Crippen molar-refractivity contribution in [2.24, 2.45) is 5.92 Å². The van der Waals surface area contributed by atoms with Gasteiger partial charge in [0.15, 0.2) is 0 Å². The average Bonchev–Trinajstić information content (AvgIpc) is 2.68. The van der Waals surface area contributed by atoms with E-state index in [1.165, 1.54) is 19.3 Å². The van der Waals surface area contributed by atoms with Crippen molar-refractivity contribution in [2.45, 2.75) is 96.4 Å². The topological polar surface area (TPSA) is 0 Å². The van der Waals surface area contributed by atoms with Gasteiger partial charge in [0.1, 0.15) is 0 Å². The SMILES string of the molecule is C.C.CC.CCC.CCC.CCC(C)C.c1ccccc1.c1ccccc1. The maximum Gasteiger partial charge on any atom is -0.0474 e. The Labute approximate surface area is 175 Å². The molecule has 0 N–H and O–H groups in total. The fourth-order valence-corrected chi connectivity index (χ4v) is 0.770. The van der Waals surface area contributed by atoms with E-state index in [1.807, 2.05) is 86.6 Å². The molecule has 0 amide bonds. The molecule has 0 bridgehead atoms. The van der Waals surface area contributed by atoms with Crippen LogP contribution in [0.4, 0.5) is 0 Å². The van der Waals surface area contributed by atoms with E-state index in [0.29, 0.717) is 0 Å². The van der Waals surface area contributed by atoms with E-state index < -0.39 is 0 Å². The van der Waals surface area contributed by atoms with E-state index in [1.54, 1.807) is 0 Å². The van der Waals surface area contributed by atoms with Gasteiger partial charge in [0.25, 0.3) is 0 Å². The maximum absolute atomic E-state index is 2.22. The molecule has 0 fully saturated rings. The van der Waals surface area contributed by atoms with Gasteiger partial charge >= 0.3 is 0 Å². The summed E-state index contributed by atoms with van der Waals surface area (Å²) in [5.74, 6) is 0.884. The molecule has 27 heavy (non-hydrogen) atoms. The Bertz CT molecular complexity index is 250. The van der Waals surface area contributed by atoms with Gasteiger partial charge in [-0.2, -0.15) is 0 Å². The van der Waals surface area contributed by atoms with Crippen molar-refractivity contribution >= 4 is 0 Å². The van der Waals surface area contributed by atoms with Crippen molar-refractivity contribution in [3.8, 4) is 0 Å². The molecule has 0 heteroatoms. The second kappa shape index (κ2) is 49.7. The monoisotopic (exact) mass is 378 g/mol. The third-order valence-corrected chi connectivity index (χ3v) is 2.15. The Hall–Kier alpha value is -1.56. The molecule has 0 nitrogen and oxygen atoms in total. The summed E-state index contributed by atoms with van der Waals surface area (Å²) in [5.41, 5.74) is 0. The number of hydrogen-bond acceptors (Lipinski definition) is 0. The minimum Gasteiger partial charge on any atom is -0.0776 e. The Morgan fingerprint density at radius 1 is 0.444 bits per heavy atom. The van der Waals surface area contributed by atoms with Gasteiger partial charge in [-0.25, -0.2) is 0 Å². The van der Waals surface area contributed by atoms with Crippen LogP contribution in [0.5, 0.6) is 0 Å². The molecule has 2 aromatic rings. The molecule has 0 aromatic heterocycles. The second-order valence-corrected chi connectivity index (χ2v) is 5.53. The van der Waals surface area contributed by atoms with Crippen LogP contribution in [0.2, 0.25) is 0 Å². The van der Waals surface area contributed by atoms with Gasteiger partial charge < -0.3 is 0 Å². The molecule has 2 aromatic carbocycles. The van der Waals surface area contributed by atoms with Crippen LogP contribution in [0.25, 0.3) is 0 Å². The first kappa shape index (κ1) is 40.2. The summed E-state index contributed by atoms with van der Waals surface area (Å²) in [5, 5.41) is 0. The fourth-order valence-electron chi connectivity index (χ4n) is 0.770. The largest absolute Gasteiger partial charge is 0.0776 e. The van der Waals surface area contributed by atoms with Gasteiger partial charge in [0.05, 0.1) is 0 Å². The Balaban J connectivity index is -0.0000000504. The number of rotatable bonds is 1. The molecule has 162 valence electrons. The summed E-state index contributed by atoms with van der Waals surface area (Å²) >= 11 is 0. The summed E-state index contributed by atoms with van der Waals surface area (Å²) in [6, 6.07) is 24.0. The molecule has 0 unspecified atom stereocenters. The maximum atomic E-state index is 2.22. The van der Waals surface area contributed by atoms with E-state index in [-0.39, 0.29) is 14.9 Å². The third-order valence-electron chi connectivity index (χ3n) is 2.15. The molecule has 0 atom stereocenters. The standard InChI is InChI=1S/2C6H6.C5H12.2C3H8.C2H6.2CH4/c2*1-2-4-6-5-3-1;1-4-5(2)3;2*1-3-2;1-2;;/h2*1-6H;5H,4H2,1-3H3;2*3H2,1-2H3;1-2H3;2*1H4. The Morgan fingerprint density at radius 3 is 0.556 bits per heavy atom. The molecule has 0 aliphatic heterocycles. The highest BCUT2D eigenvalue weighted by molar-refractivity contribution is 4.99. The highest BCUT2D eigenvalue weighted by Gasteiger charge is 1.80. The summed E-state index contributed by atoms with van der Waals surface area (Å²) in [6.07, 6.45) is 3.81. The van der Waals surface area contributed by atoms with E-state index >= 15 is 0 Å². The van der Waals surface area contributed by atoms with Crippen molar-refractivity contribution < 1.29 is 0 Å². The van der Waals surface area contributed by atoms with Crippen molar-refractivity contribution in [2.75, 3.05) is 0 Å². The first-order valence-corrected chi connectivity index (χ1v) is 10.1. The lowest BCUT2D eigenvalue weighted by Crippen LogP contribution is -1.77. The van der Waals surface area contributed by atoms with Crippen LogP contribution < -0.4 is 0 Å². The van der Waals surface area contributed by atoms with Gasteiger partial charge in [-0.3, -0.25) is 0 Å². The average molecular weight is 379 g/mol. The lowest BCUT2D eigenvalue weighted by atomic mass is 10.2. The van der Waals surface area contributed by atoms with Crippen molar-refractivity contribution in [1.29, 1.82) is 0 Å². The summed E-state index contributed by atoms with van der Waals surface area (Å²) < 4.78 is 0. The number of hydrogen-bond donors (Lipinski definition) is 0. The van der Waals surface area contributed by atoms with Gasteiger partial charge in [-0.15, -0.1) is 0 Å². The molecular weight excluding hydrogens is 324 g/mol. The Kier molecular flexibility index (Phi) is 74.0. The van der Waals surface area contributed by atoms with Crippen LogP contribution in [-0.2, 0) is 0 Å². The molecule has 0 aliphatic rings. The lowest BCUT2D eigenvalue weighted by molar-refractivity contribution is 0.626. The van der Waals surface area contributed by atoms with Gasteiger partial charge in [-0.1, -0.05) is 169 Å². The van der Waals surface area contributed by atoms with Crippen molar-refractivity contribution in [3.05, 3.63) is 72.8 Å². The quantitative estimate of drug-likeness (QED) is 0.462. The highest BCUT2D eigenvalue weighted by Crippen LogP contribution is 1.93. The lowest BCUT2D eigenvalue weighted by Gasteiger charge is -1.90. The molecule has 2 rings (SSSR count). The molecule has 0 saturated heterocycles. The summed E-state index contributed by atoms with van der Waals surface area (Å²) in [6.45, 7) is 19.1. The molecule has 0 aliphatic carbocycles. The van der Waals surface area contributed by atoms with E-state index in [9.17, 15) is 0 Å².